The summed E-state index contributed by atoms with van der Waals surface area (Å²) < 4.78 is 0. The predicted molar refractivity (Wildman–Crippen MR) is 140 cm³/mol. The van der Waals surface area contributed by atoms with Crippen LogP contribution in [0.3, 0.4) is 0 Å². The Balaban J connectivity index is 0.974. The summed E-state index contributed by atoms with van der Waals surface area (Å²) in [7, 11) is 0. The zero-order chi connectivity index (χ0) is 23.3. The largest absolute Gasteiger partial charge is 0.384 e. The average Bonchev–Trinajstić information content (AvgIpc) is 3.65. The van der Waals surface area contributed by atoms with Crippen LogP contribution in [-0.2, 0) is 4.79 Å². The van der Waals surface area contributed by atoms with Crippen molar-refractivity contribution in [3.63, 3.8) is 0 Å². The van der Waals surface area contributed by atoms with E-state index in [1.165, 1.54) is 49.3 Å². The van der Waals surface area contributed by atoms with Crippen LogP contribution in [0.5, 0.6) is 0 Å². The lowest BCUT2D eigenvalue weighted by Gasteiger charge is -2.35. The molecule has 2 heterocycles. The standard InChI is InChI=1S/C28H39N5O/c1-22(34)32-17-19-33(20-18-32)26-9-7-24(8-10-26)29-13-16-31-14-11-25(12-15-31)30-28-21-27(28)23-5-3-2-4-6-23/h2-10,25,27-30H,11-21H2,1H3/t27-,28+/m0/s1. The summed E-state index contributed by atoms with van der Waals surface area (Å²) in [4.78, 5) is 18.4. The van der Waals surface area contributed by atoms with Gasteiger partial charge < -0.3 is 25.3 Å². The van der Waals surface area contributed by atoms with Gasteiger partial charge in [0.15, 0.2) is 0 Å². The maximum atomic E-state index is 11.5. The van der Waals surface area contributed by atoms with Gasteiger partial charge in [0.05, 0.1) is 0 Å². The van der Waals surface area contributed by atoms with E-state index in [0.717, 1.165) is 45.2 Å². The van der Waals surface area contributed by atoms with Crippen LogP contribution in [0, 0.1) is 0 Å². The number of benzene rings is 2. The third kappa shape index (κ3) is 5.91. The summed E-state index contributed by atoms with van der Waals surface area (Å²) in [6, 6.07) is 21.1. The fraction of sp³-hybridized carbons (Fsp3) is 0.536. The molecule has 0 spiro atoms. The third-order valence-corrected chi connectivity index (χ3v) is 7.77. The molecule has 1 amide bonds. The summed E-state index contributed by atoms with van der Waals surface area (Å²) in [5.74, 6) is 0.902. The highest BCUT2D eigenvalue weighted by molar-refractivity contribution is 5.73. The molecule has 6 nitrogen and oxygen atoms in total. The fourth-order valence-corrected chi connectivity index (χ4v) is 5.50. The number of nitrogens with one attached hydrogen (secondary N) is 2. The Morgan fingerprint density at radius 2 is 1.62 bits per heavy atom. The first-order valence-electron chi connectivity index (χ1n) is 13.0. The Hall–Kier alpha value is -2.57. The van der Waals surface area contributed by atoms with Crippen LogP contribution in [0.25, 0.3) is 0 Å². The van der Waals surface area contributed by atoms with Gasteiger partial charge in [0.2, 0.25) is 5.91 Å². The lowest BCUT2D eigenvalue weighted by molar-refractivity contribution is -0.129. The topological polar surface area (TPSA) is 50.9 Å². The lowest BCUT2D eigenvalue weighted by Crippen LogP contribution is -2.48. The third-order valence-electron chi connectivity index (χ3n) is 7.77. The van der Waals surface area contributed by atoms with Gasteiger partial charge in [0.25, 0.3) is 0 Å². The Morgan fingerprint density at radius 3 is 2.29 bits per heavy atom. The monoisotopic (exact) mass is 461 g/mol. The van der Waals surface area contributed by atoms with Gasteiger partial charge in [0, 0.05) is 75.6 Å². The first-order chi connectivity index (χ1) is 16.7. The molecular weight excluding hydrogens is 422 g/mol. The molecule has 3 fully saturated rings. The van der Waals surface area contributed by atoms with E-state index < -0.39 is 0 Å². The van der Waals surface area contributed by atoms with Crippen LogP contribution in [0.1, 0.15) is 37.7 Å². The van der Waals surface area contributed by atoms with Crippen molar-refractivity contribution in [3.05, 3.63) is 60.2 Å². The first kappa shape index (κ1) is 23.2. The zero-order valence-electron chi connectivity index (χ0n) is 20.5. The van der Waals surface area contributed by atoms with Crippen molar-refractivity contribution in [2.45, 2.75) is 44.2 Å². The van der Waals surface area contributed by atoms with Gasteiger partial charge in [-0.1, -0.05) is 30.3 Å². The number of piperazine rings is 1. The Kier molecular flexibility index (Phi) is 7.36. The first-order valence-corrected chi connectivity index (χ1v) is 13.0. The fourth-order valence-electron chi connectivity index (χ4n) is 5.50. The molecule has 182 valence electrons. The zero-order valence-corrected chi connectivity index (χ0v) is 20.5. The van der Waals surface area contributed by atoms with E-state index in [0.29, 0.717) is 12.1 Å². The van der Waals surface area contributed by atoms with E-state index >= 15 is 0 Å². The van der Waals surface area contributed by atoms with Crippen LogP contribution >= 0.6 is 0 Å². The molecule has 0 radical (unpaired) electrons. The second-order valence-electron chi connectivity index (χ2n) is 10.1. The molecule has 3 aliphatic rings. The molecule has 2 atom stereocenters. The number of nitrogens with zero attached hydrogens (tertiary/aromatic N) is 3. The molecule has 2 aliphatic heterocycles. The number of hydrogen-bond acceptors (Lipinski definition) is 5. The smallest absolute Gasteiger partial charge is 0.219 e. The average molecular weight is 462 g/mol. The quantitative estimate of drug-likeness (QED) is 0.631. The molecule has 6 heteroatoms. The maximum Gasteiger partial charge on any atom is 0.219 e. The van der Waals surface area contributed by atoms with Crippen molar-refractivity contribution in [2.24, 2.45) is 0 Å². The summed E-state index contributed by atoms with van der Waals surface area (Å²) in [6.07, 6.45) is 3.80. The van der Waals surface area contributed by atoms with Crippen LogP contribution in [0.2, 0.25) is 0 Å². The van der Waals surface area contributed by atoms with E-state index in [9.17, 15) is 4.79 Å². The molecular formula is C28H39N5O. The van der Waals surface area contributed by atoms with Gasteiger partial charge in [-0.3, -0.25) is 4.79 Å². The lowest BCUT2D eigenvalue weighted by atomic mass is 10.0. The minimum absolute atomic E-state index is 0.180. The van der Waals surface area contributed by atoms with Gasteiger partial charge in [-0.05, 0) is 62.2 Å². The highest BCUT2D eigenvalue weighted by atomic mass is 16.2. The summed E-state index contributed by atoms with van der Waals surface area (Å²) >= 11 is 0. The summed E-state index contributed by atoms with van der Waals surface area (Å²) in [5, 5.41) is 7.51. The number of anilines is 2. The summed E-state index contributed by atoms with van der Waals surface area (Å²) in [6.45, 7) is 9.55. The SMILES string of the molecule is CC(=O)N1CCN(c2ccc(NCCN3CCC(N[C@@H]4C[C@H]4c4ccccc4)CC3)cc2)CC1. The highest BCUT2D eigenvalue weighted by Crippen LogP contribution is 2.41. The Bertz CT molecular complexity index is 918. The van der Waals surface area contributed by atoms with E-state index in [2.05, 4.69) is 75.0 Å². The van der Waals surface area contributed by atoms with Crippen LogP contribution < -0.4 is 15.5 Å². The van der Waals surface area contributed by atoms with E-state index in [4.69, 9.17) is 0 Å². The van der Waals surface area contributed by atoms with Crippen LogP contribution in [0.15, 0.2) is 54.6 Å². The van der Waals surface area contributed by atoms with Gasteiger partial charge in [-0.2, -0.15) is 0 Å². The molecule has 1 saturated carbocycles. The Morgan fingerprint density at radius 1 is 0.912 bits per heavy atom. The van der Waals surface area contributed by atoms with E-state index in [1.54, 1.807) is 6.92 Å². The molecule has 2 N–H and O–H groups in total. The number of carbonyl (C=O) groups excluding carboxylic acids is 1. The minimum atomic E-state index is 0.180. The van der Waals surface area contributed by atoms with Crippen molar-refractivity contribution < 1.29 is 4.79 Å². The van der Waals surface area contributed by atoms with Crippen LogP contribution in [-0.4, -0.2) is 80.1 Å². The van der Waals surface area contributed by atoms with Crippen molar-refractivity contribution >= 4 is 17.3 Å². The number of rotatable bonds is 8. The number of carbonyl (C=O) groups is 1. The molecule has 0 bridgehead atoms. The van der Waals surface area contributed by atoms with Crippen molar-refractivity contribution in [2.75, 3.05) is 62.6 Å². The van der Waals surface area contributed by atoms with Crippen molar-refractivity contribution in [1.29, 1.82) is 0 Å². The van der Waals surface area contributed by atoms with Crippen molar-refractivity contribution in [1.82, 2.24) is 15.1 Å². The number of hydrogen-bond donors (Lipinski definition) is 2. The van der Waals surface area contributed by atoms with E-state index in [1.807, 2.05) is 4.90 Å². The Labute approximate surface area is 204 Å². The molecule has 1 aliphatic carbocycles. The molecule has 0 aromatic heterocycles. The number of likely N-dealkylation sites (tertiary alicyclic amines) is 1. The molecule has 2 aromatic carbocycles. The maximum absolute atomic E-state index is 11.5. The normalized spacial score (nSPS) is 23.7. The van der Waals surface area contributed by atoms with Gasteiger partial charge >= 0.3 is 0 Å². The second kappa shape index (κ2) is 10.8. The number of amides is 1. The van der Waals surface area contributed by atoms with Gasteiger partial charge in [-0.15, -0.1) is 0 Å². The summed E-state index contributed by atoms with van der Waals surface area (Å²) in [5.41, 5.74) is 3.92. The molecule has 5 rings (SSSR count). The van der Waals surface area contributed by atoms with E-state index in [-0.39, 0.29) is 5.91 Å². The molecule has 2 aromatic rings. The molecule has 0 unspecified atom stereocenters. The van der Waals surface area contributed by atoms with Crippen molar-refractivity contribution in [3.8, 4) is 0 Å². The second-order valence-corrected chi connectivity index (χ2v) is 10.1. The van der Waals surface area contributed by atoms with Gasteiger partial charge in [-0.25, -0.2) is 0 Å². The highest BCUT2D eigenvalue weighted by Gasteiger charge is 2.39. The molecule has 34 heavy (non-hydrogen) atoms. The van der Waals surface area contributed by atoms with Gasteiger partial charge in [0.1, 0.15) is 0 Å². The predicted octanol–water partition coefficient (Wildman–Crippen LogP) is 3.38. The molecule has 2 saturated heterocycles. The van der Waals surface area contributed by atoms with Crippen LogP contribution in [0.4, 0.5) is 11.4 Å². The number of piperidine rings is 1. The minimum Gasteiger partial charge on any atom is -0.384 e.